The van der Waals surface area contributed by atoms with Gasteiger partial charge in [0.15, 0.2) is 0 Å². The second-order valence-electron chi connectivity index (χ2n) is 9.18. The molecular formula is C21H45NO. The van der Waals surface area contributed by atoms with Crippen LogP contribution in [0, 0.1) is 22.7 Å². The Labute approximate surface area is 147 Å². The van der Waals surface area contributed by atoms with Gasteiger partial charge in [0, 0.05) is 18.7 Å². The molecule has 0 aliphatic heterocycles. The molecule has 0 N–H and O–H groups in total. The van der Waals surface area contributed by atoms with E-state index in [1.807, 2.05) is 7.11 Å². The van der Waals surface area contributed by atoms with Crippen molar-refractivity contribution in [3.63, 3.8) is 0 Å². The summed E-state index contributed by atoms with van der Waals surface area (Å²) in [7, 11) is 4.15. The van der Waals surface area contributed by atoms with Gasteiger partial charge in [-0.2, -0.15) is 0 Å². The SMILES string of the molecule is CCC(CC)(COC)C(C)C(C)C(C)(N(C)C(C)C)C(C)(C)C. The van der Waals surface area contributed by atoms with Crippen LogP contribution in [-0.4, -0.2) is 37.2 Å². The molecule has 0 radical (unpaired) electrons. The minimum Gasteiger partial charge on any atom is -0.384 e. The van der Waals surface area contributed by atoms with Crippen LogP contribution in [0.25, 0.3) is 0 Å². The van der Waals surface area contributed by atoms with Crippen LogP contribution in [0.1, 0.15) is 82.1 Å². The average molecular weight is 328 g/mol. The van der Waals surface area contributed by atoms with Gasteiger partial charge in [0.1, 0.15) is 0 Å². The van der Waals surface area contributed by atoms with Crippen LogP contribution in [0.3, 0.4) is 0 Å². The molecule has 0 fully saturated rings. The fourth-order valence-electron chi connectivity index (χ4n) is 4.60. The van der Waals surface area contributed by atoms with Gasteiger partial charge >= 0.3 is 0 Å². The molecule has 2 nitrogen and oxygen atoms in total. The molecule has 0 aromatic heterocycles. The lowest BCUT2D eigenvalue weighted by atomic mass is 9.57. The van der Waals surface area contributed by atoms with Gasteiger partial charge < -0.3 is 4.74 Å². The summed E-state index contributed by atoms with van der Waals surface area (Å²) in [5.41, 5.74) is 0.600. The summed E-state index contributed by atoms with van der Waals surface area (Å²) in [6, 6.07) is 0.536. The highest BCUT2D eigenvalue weighted by Gasteiger charge is 2.51. The maximum atomic E-state index is 5.65. The van der Waals surface area contributed by atoms with Crippen molar-refractivity contribution < 1.29 is 4.74 Å². The van der Waals surface area contributed by atoms with Crippen LogP contribution in [0.15, 0.2) is 0 Å². The Bertz CT molecular complexity index is 340. The first kappa shape index (κ1) is 22.9. The zero-order valence-electron chi connectivity index (χ0n) is 18.2. The van der Waals surface area contributed by atoms with Crippen molar-refractivity contribution in [3.05, 3.63) is 0 Å². The first-order valence-corrected chi connectivity index (χ1v) is 9.57. The van der Waals surface area contributed by atoms with E-state index < -0.39 is 0 Å². The van der Waals surface area contributed by atoms with Crippen molar-refractivity contribution in [2.45, 2.75) is 93.7 Å². The standard InChI is InChI=1S/C21H45NO/c1-13-21(14-2,15-23-12)18(6)17(5)20(10,19(7,8)9)22(11)16(3)4/h16-18H,13-15H2,1-12H3. The molecule has 0 aromatic rings. The third-order valence-electron chi connectivity index (χ3n) is 7.47. The second-order valence-corrected chi connectivity index (χ2v) is 9.18. The minimum absolute atomic E-state index is 0.129. The number of ether oxygens (including phenoxy) is 1. The van der Waals surface area contributed by atoms with Gasteiger partial charge in [-0.3, -0.25) is 4.90 Å². The molecule has 0 bridgehead atoms. The molecule has 0 aliphatic rings. The average Bonchev–Trinajstić information content (AvgIpc) is 2.48. The molecule has 0 aliphatic carbocycles. The molecule has 0 amide bonds. The van der Waals surface area contributed by atoms with Gasteiger partial charge in [-0.15, -0.1) is 0 Å². The largest absolute Gasteiger partial charge is 0.384 e. The zero-order valence-corrected chi connectivity index (χ0v) is 18.2. The summed E-state index contributed by atoms with van der Waals surface area (Å²) in [5.74, 6) is 1.17. The van der Waals surface area contributed by atoms with Crippen molar-refractivity contribution in [1.82, 2.24) is 4.90 Å². The van der Waals surface area contributed by atoms with Crippen molar-refractivity contribution >= 4 is 0 Å². The van der Waals surface area contributed by atoms with E-state index in [1.165, 1.54) is 12.8 Å². The van der Waals surface area contributed by atoms with Crippen LogP contribution < -0.4 is 0 Å². The van der Waals surface area contributed by atoms with E-state index in [0.29, 0.717) is 17.9 Å². The number of hydrogen-bond acceptors (Lipinski definition) is 2. The summed E-state index contributed by atoms with van der Waals surface area (Å²) < 4.78 is 5.65. The van der Waals surface area contributed by atoms with E-state index in [-0.39, 0.29) is 16.4 Å². The van der Waals surface area contributed by atoms with E-state index in [2.05, 4.69) is 81.2 Å². The van der Waals surface area contributed by atoms with E-state index in [0.717, 1.165) is 6.61 Å². The Kier molecular flexibility index (Phi) is 8.31. The number of hydrogen-bond donors (Lipinski definition) is 0. The van der Waals surface area contributed by atoms with Crippen LogP contribution >= 0.6 is 0 Å². The van der Waals surface area contributed by atoms with Gasteiger partial charge in [0.05, 0.1) is 6.61 Å². The molecule has 0 saturated carbocycles. The van der Waals surface area contributed by atoms with E-state index >= 15 is 0 Å². The smallest absolute Gasteiger partial charge is 0.0521 e. The zero-order chi connectivity index (χ0) is 18.6. The Balaban J connectivity index is 5.92. The number of rotatable bonds is 9. The highest BCUT2D eigenvalue weighted by atomic mass is 16.5. The molecule has 140 valence electrons. The lowest BCUT2D eigenvalue weighted by molar-refractivity contribution is -0.0900. The fourth-order valence-corrected chi connectivity index (χ4v) is 4.60. The van der Waals surface area contributed by atoms with Gasteiger partial charge in [0.2, 0.25) is 0 Å². The molecule has 0 rings (SSSR count). The molecule has 2 heteroatoms. The van der Waals surface area contributed by atoms with E-state index in [9.17, 15) is 0 Å². The summed E-state index contributed by atoms with van der Waals surface area (Å²) in [6.45, 7) is 24.7. The van der Waals surface area contributed by atoms with Crippen LogP contribution in [0.5, 0.6) is 0 Å². The van der Waals surface area contributed by atoms with Crippen molar-refractivity contribution in [2.24, 2.45) is 22.7 Å². The Hall–Kier alpha value is -0.0800. The molecule has 0 heterocycles. The highest BCUT2D eigenvalue weighted by molar-refractivity contribution is 5.03. The molecule has 3 unspecified atom stereocenters. The normalized spacial score (nSPS) is 19.0. The fraction of sp³-hybridized carbons (Fsp3) is 1.00. The lowest BCUT2D eigenvalue weighted by Crippen LogP contribution is -2.62. The summed E-state index contributed by atoms with van der Waals surface area (Å²) in [4.78, 5) is 2.59. The first-order valence-electron chi connectivity index (χ1n) is 9.57. The predicted octanol–water partition coefficient (Wildman–Crippen LogP) is 5.86. The van der Waals surface area contributed by atoms with E-state index in [1.54, 1.807) is 0 Å². The van der Waals surface area contributed by atoms with Crippen LogP contribution in [0.4, 0.5) is 0 Å². The topological polar surface area (TPSA) is 12.5 Å². The summed E-state index contributed by atoms with van der Waals surface area (Å²) in [6.07, 6.45) is 2.35. The molecule has 0 spiro atoms. The third-order valence-corrected chi connectivity index (χ3v) is 7.47. The second kappa shape index (κ2) is 8.34. The van der Waals surface area contributed by atoms with Crippen molar-refractivity contribution in [3.8, 4) is 0 Å². The van der Waals surface area contributed by atoms with Gasteiger partial charge in [-0.25, -0.2) is 0 Å². The molecule has 23 heavy (non-hydrogen) atoms. The maximum Gasteiger partial charge on any atom is 0.0521 e. The molecular weight excluding hydrogens is 282 g/mol. The van der Waals surface area contributed by atoms with Gasteiger partial charge in [-0.05, 0) is 63.3 Å². The minimum atomic E-state index is 0.129. The van der Waals surface area contributed by atoms with Crippen LogP contribution in [0.2, 0.25) is 0 Å². The molecule has 0 aromatic carbocycles. The Morgan fingerprint density at radius 3 is 1.57 bits per heavy atom. The third kappa shape index (κ3) is 4.31. The Morgan fingerprint density at radius 2 is 1.30 bits per heavy atom. The monoisotopic (exact) mass is 327 g/mol. The Morgan fingerprint density at radius 1 is 0.870 bits per heavy atom. The molecule has 3 atom stereocenters. The van der Waals surface area contributed by atoms with Crippen molar-refractivity contribution in [1.29, 1.82) is 0 Å². The maximum absolute atomic E-state index is 5.65. The summed E-state index contributed by atoms with van der Waals surface area (Å²) >= 11 is 0. The lowest BCUT2D eigenvalue weighted by Gasteiger charge is -2.58. The van der Waals surface area contributed by atoms with Crippen molar-refractivity contribution in [2.75, 3.05) is 20.8 Å². The molecule has 0 saturated heterocycles. The van der Waals surface area contributed by atoms with E-state index in [4.69, 9.17) is 4.74 Å². The van der Waals surface area contributed by atoms with Gasteiger partial charge in [-0.1, -0.05) is 48.5 Å². The highest BCUT2D eigenvalue weighted by Crippen LogP contribution is 2.50. The quantitative estimate of drug-likeness (QED) is 0.526. The first-order chi connectivity index (χ1) is 10.4. The predicted molar refractivity (Wildman–Crippen MR) is 104 cm³/mol. The van der Waals surface area contributed by atoms with Gasteiger partial charge in [0.25, 0.3) is 0 Å². The summed E-state index contributed by atoms with van der Waals surface area (Å²) in [5, 5.41) is 0. The number of methoxy groups -OCH3 is 1. The van der Waals surface area contributed by atoms with Crippen LogP contribution in [-0.2, 0) is 4.74 Å². The number of nitrogens with zero attached hydrogens (tertiary/aromatic N) is 1.